The van der Waals surface area contributed by atoms with Gasteiger partial charge in [0, 0.05) is 6.07 Å². The van der Waals surface area contributed by atoms with Crippen LogP contribution < -0.4 is 24.4 Å². The fourth-order valence-corrected chi connectivity index (χ4v) is 3.56. The van der Waals surface area contributed by atoms with Gasteiger partial charge in [0.15, 0.2) is 16.9 Å². The summed E-state index contributed by atoms with van der Waals surface area (Å²) in [6, 6.07) is 10.7. The fraction of sp³-hybridized carbons (Fsp3) is 0.174. The molecule has 0 bridgehead atoms. The van der Waals surface area contributed by atoms with E-state index in [1.165, 1.54) is 40.6 Å². The first-order valence-corrected chi connectivity index (χ1v) is 9.06. The Bertz CT molecular complexity index is 1310. The summed E-state index contributed by atoms with van der Waals surface area (Å²) < 4.78 is 41.5. The van der Waals surface area contributed by atoms with Gasteiger partial charge in [-0.15, -0.1) is 0 Å². The van der Waals surface area contributed by atoms with Gasteiger partial charge in [0.1, 0.15) is 22.7 Å². The average Bonchev–Trinajstić information content (AvgIpc) is 2.77. The topological polar surface area (TPSA) is 67.1 Å². The number of fused-ring (bicyclic) bond motifs is 2. The Morgan fingerprint density at radius 3 is 2.03 bits per heavy atom. The molecule has 0 aliphatic carbocycles. The van der Waals surface area contributed by atoms with Crippen LogP contribution in [0.2, 0.25) is 0 Å². The van der Waals surface area contributed by atoms with E-state index in [1.807, 2.05) is 0 Å². The second-order valence-electron chi connectivity index (χ2n) is 6.48. The highest BCUT2D eigenvalue weighted by Crippen LogP contribution is 2.44. The van der Waals surface area contributed by atoms with Crippen LogP contribution in [0.5, 0.6) is 23.0 Å². The van der Waals surface area contributed by atoms with Crippen molar-refractivity contribution in [3.8, 4) is 34.1 Å². The SMILES string of the molecule is COc1ccc2c(=O)c3c(OC)cc(OC)c(-c4ccc(F)cc4)c3oc2c1OC. The maximum absolute atomic E-state index is 13.5. The van der Waals surface area contributed by atoms with Crippen LogP contribution in [0.4, 0.5) is 4.39 Å². The summed E-state index contributed by atoms with van der Waals surface area (Å²) in [7, 11) is 5.92. The molecule has 4 aromatic rings. The molecule has 0 radical (unpaired) electrons. The molecule has 0 aliphatic rings. The summed E-state index contributed by atoms with van der Waals surface area (Å²) in [5.41, 5.74) is 1.28. The highest BCUT2D eigenvalue weighted by atomic mass is 19.1. The van der Waals surface area contributed by atoms with Gasteiger partial charge in [0.05, 0.1) is 39.4 Å². The fourth-order valence-electron chi connectivity index (χ4n) is 3.56. The van der Waals surface area contributed by atoms with Gasteiger partial charge in [0.25, 0.3) is 0 Å². The van der Waals surface area contributed by atoms with Gasteiger partial charge in [-0.25, -0.2) is 4.39 Å². The molecule has 0 unspecified atom stereocenters. The molecule has 4 rings (SSSR count). The van der Waals surface area contributed by atoms with Crippen LogP contribution in [0.25, 0.3) is 33.1 Å². The Labute approximate surface area is 171 Å². The third-order valence-corrected chi connectivity index (χ3v) is 4.96. The van der Waals surface area contributed by atoms with E-state index in [-0.39, 0.29) is 27.8 Å². The van der Waals surface area contributed by atoms with E-state index in [0.717, 1.165) is 0 Å². The molecule has 0 fully saturated rings. The number of hydrogen-bond donors (Lipinski definition) is 0. The lowest BCUT2D eigenvalue weighted by Gasteiger charge is -2.16. The van der Waals surface area contributed by atoms with Gasteiger partial charge < -0.3 is 23.4 Å². The molecule has 0 spiro atoms. The number of ether oxygens (including phenoxy) is 4. The Morgan fingerprint density at radius 1 is 0.767 bits per heavy atom. The summed E-state index contributed by atoms with van der Waals surface area (Å²) in [6.07, 6.45) is 0. The lowest BCUT2D eigenvalue weighted by Crippen LogP contribution is -2.07. The molecule has 154 valence electrons. The van der Waals surface area contributed by atoms with Crippen molar-refractivity contribution in [3.63, 3.8) is 0 Å². The zero-order valence-corrected chi connectivity index (χ0v) is 16.9. The van der Waals surface area contributed by atoms with E-state index in [1.54, 1.807) is 30.3 Å². The van der Waals surface area contributed by atoms with Crippen molar-refractivity contribution in [2.24, 2.45) is 0 Å². The van der Waals surface area contributed by atoms with Gasteiger partial charge in [-0.05, 0) is 29.8 Å². The molecular weight excluding hydrogens is 391 g/mol. The first kappa shape index (κ1) is 19.6. The van der Waals surface area contributed by atoms with Crippen molar-refractivity contribution in [3.05, 3.63) is 58.5 Å². The lowest BCUT2D eigenvalue weighted by molar-refractivity contribution is 0.354. The van der Waals surface area contributed by atoms with Gasteiger partial charge in [-0.1, -0.05) is 12.1 Å². The van der Waals surface area contributed by atoms with Crippen LogP contribution in [-0.2, 0) is 0 Å². The third-order valence-electron chi connectivity index (χ3n) is 4.96. The van der Waals surface area contributed by atoms with Crippen molar-refractivity contribution >= 4 is 21.9 Å². The zero-order chi connectivity index (χ0) is 21.4. The summed E-state index contributed by atoms with van der Waals surface area (Å²) in [4.78, 5) is 13.4. The van der Waals surface area contributed by atoms with Crippen LogP contribution in [0.1, 0.15) is 0 Å². The minimum Gasteiger partial charge on any atom is -0.496 e. The van der Waals surface area contributed by atoms with Crippen molar-refractivity contribution in [1.29, 1.82) is 0 Å². The molecule has 6 nitrogen and oxygen atoms in total. The second kappa shape index (κ2) is 7.59. The molecule has 1 heterocycles. The van der Waals surface area contributed by atoms with Crippen molar-refractivity contribution in [2.45, 2.75) is 0 Å². The third kappa shape index (κ3) is 2.90. The lowest BCUT2D eigenvalue weighted by atomic mass is 9.99. The molecular formula is C23H19FO6. The number of hydrogen-bond acceptors (Lipinski definition) is 6. The minimum atomic E-state index is -0.381. The Hall–Kier alpha value is -3.74. The van der Waals surface area contributed by atoms with E-state index in [2.05, 4.69) is 0 Å². The van der Waals surface area contributed by atoms with E-state index < -0.39 is 0 Å². The highest BCUT2D eigenvalue weighted by Gasteiger charge is 2.24. The Balaban J connectivity index is 2.25. The molecule has 0 saturated carbocycles. The highest BCUT2D eigenvalue weighted by molar-refractivity contribution is 6.04. The molecule has 0 saturated heterocycles. The molecule has 30 heavy (non-hydrogen) atoms. The van der Waals surface area contributed by atoms with E-state index in [9.17, 15) is 9.18 Å². The standard InChI is InChI=1S/C23H19FO6/c1-26-15-10-9-14-20(25)19-17(28-3)11-16(27-2)18(12-5-7-13(24)8-6-12)23(19)30-21(14)22(15)29-4/h5-11H,1-4H3. The van der Waals surface area contributed by atoms with E-state index in [0.29, 0.717) is 39.5 Å². The minimum absolute atomic E-state index is 0.230. The molecule has 0 atom stereocenters. The normalized spacial score (nSPS) is 11.0. The quantitative estimate of drug-likeness (QED) is 0.441. The summed E-state index contributed by atoms with van der Waals surface area (Å²) in [5, 5.41) is 0.561. The van der Waals surface area contributed by atoms with Crippen LogP contribution in [0.15, 0.2) is 51.7 Å². The van der Waals surface area contributed by atoms with Crippen LogP contribution in [-0.4, -0.2) is 28.4 Å². The summed E-state index contributed by atoms with van der Waals surface area (Å²) >= 11 is 0. The number of methoxy groups -OCH3 is 4. The van der Waals surface area contributed by atoms with Crippen LogP contribution in [0, 0.1) is 5.82 Å². The molecule has 0 amide bonds. The first-order valence-electron chi connectivity index (χ1n) is 9.06. The maximum Gasteiger partial charge on any atom is 0.204 e. The van der Waals surface area contributed by atoms with Crippen LogP contribution in [0.3, 0.4) is 0 Å². The molecule has 0 aliphatic heterocycles. The monoisotopic (exact) mass is 410 g/mol. The van der Waals surface area contributed by atoms with Crippen molar-refractivity contribution < 1.29 is 27.8 Å². The van der Waals surface area contributed by atoms with Crippen LogP contribution >= 0.6 is 0 Å². The van der Waals surface area contributed by atoms with Gasteiger partial charge in [-0.2, -0.15) is 0 Å². The number of rotatable bonds is 5. The van der Waals surface area contributed by atoms with Crippen molar-refractivity contribution in [1.82, 2.24) is 0 Å². The van der Waals surface area contributed by atoms with E-state index >= 15 is 0 Å². The molecule has 7 heteroatoms. The predicted molar refractivity (Wildman–Crippen MR) is 112 cm³/mol. The van der Waals surface area contributed by atoms with Crippen molar-refractivity contribution in [2.75, 3.05) is 28.4 Å². The second-order valence-corrected chi connectivity index (χ2v) is 6.48. The zero-order valence-electron chi connectivity index (χ0n) is 16.9. The average molecular weight is 410 g/mol. The Morgan fingerprint density at radius 2 is 1.43 bits per heavy atom. The molecule has 1 aromatic heterocycles. The maximum atomic E-state index is 13.5. The smallest absolute Gasteiger partial charge is 0.204 e. The number of benzene rings is 3. The summed E-state index contributed by atoms with van der Waals surface area (Å²) in [5.74, 6) is 1.05. The Kier molecular flexibility index (Phi) is 4.95. The van der Waals surface area contributed by atoms with E-state index in [4.69, 9.17) is 23.4 Å². The van der Waals surface area contributed by atoms with Gasteiger partial charge >= 0.3 is 0 Å². The first-order chi connectivity index (χ1) is 14.5. The number of halogens is 1. The largest absolute Gasteiger partial charge is 0.496 e. The predicted octanol–water partition coefficient (Wildman–Crippen LogP) is 4.79. The molecule has 0 N–H and O–H groups in total. The molecule has 3 aromatic carbocycles. The summed E-state index contributed by atoms with van der Waals surface area (Å²) in [6.45, 7) is 0. The van der Waals surface area contributed by atoms with Gasteiger partial charge in [-0.3, -0.25) is 4.79 Å². The van der Waals surface area contributed by atoms with Gasteiger partial charge in [0.2, 0.25) is 11.2 Å².